The van der Waals surface area contributed by atoms with Crippen molar-refractivity contribution < 1.29 is 14.7 Å². The molecule has 6 nitrogen and oxygen atoms in total. The predicted molar refractivity (Wildman–Crippen MR) is 62.3 cm³/mol. The molecule has 0 rings (SSSR count). The predicted octanol–water partition coefficient (Wildman–Crippen LogP) is 1.18. The van der Waals surface area contributed by atoms with E-state index in [4.69, 9.17) is 10.4 Å². The second kappa shape index (κ2) is 8.39. The lowest BCUT2D eigenvalue weighted by molar-refractivity contribution is -0.137. The molecule has 0 aliphatic carbocycles. The molecule has 0 aliphatic rings. The summed E-state index contributed by atoms with van der Waals surface area (Å²) in [6, 6.07) is 1.76. The number of urea groups is 1. The lowest BCUT2D eigenvalue weighted by Crippen LogP contribution is -2.44. The summed E-state index contributed by atoms with van der Waals surface area (Å²) >= 11 is 0. The molecule has 0 aliphatic heterocycles. The Morgan fingerprint density at radius 3 is 2.59 bits per heavy atom. The van der Waals surface area contributed by atoms with E-state index < -0.39 is 5.97 Å². The van der Waals surface area contributed by atoms with Crippen LogP contribution < -0.4 is 5.32 Å². The maximum atomic E-state index is 11.7. The van der Waals surface area contributed by atoms with E-state index in [1.54, 1.807) is 4.90 Å². The van der Waals surface area contributed by atoms with Crippen molar-refractivity contribution in [3.63, 3.8) is 0 Å². The largest absolute Gasteiger partial charge is 0.481 e. The van der Waals surface area contributed by atoms with Crippen LogP contribution in [0.25, 0.3) is 0 Å². The van der Waals surface area contributed by atoms with Crippen molar-refractivity contribution in [1.29, 1.82) is 5.26 Å². The molecule has 0 spiro atoms. The van der Waals surface area contributed by atoms with Crippen LogP contribution in [-0.2, 0) is 4.79 Å². The third-order valence-corrected chi connectivity index (χ3v) is 2.19. The fourth-order valence-electron chi connectivity index (χ4n) is 1.30. The minimum atomic E-state index is -0.871. The first kappa shape index (κ1) is 15.2. The Balaban J connectivity index is 3.98. The summed E-state index contributed by atoms with van der Waals surface area (Å²) in [4.78, 5) is 23.5. The molecular weight excluding hydrogens is 222 g/mol. The molecule has 0 fully saturated rings. The second-order valence-electron chi connectivity index (χ2n) is 3.92. The number of hydrogen-bond donors (Lipinski definition) is 2. The molecule has 2 N–H and O–H groups in total. The van der Waals surface area contributed by atoms with E-state index in [1.165, 1.54) is 0 Å². The maximum Gasteiger partial charge on any atom is 0.317 e. The van der Waals surface area contributed by atoms with Gasteiger partial charge in [0.25, 0.3) is 0 Å². The van der Waals surface area contributed by atoms with Crippen LogP contribution >= 0.6 is 0 Å². The summed E-state index contributed by atoms with van der Waals surface area (Å²) in [6.07, 6.45) is 0.742. The number of carbonyl (C=O) groups excluding carboxylic acids is 1. The van der Waals surface area contributed by atoms with Crippen LogP contribution in [0.3, 0.4) is 0 Å². The van der Waals surface area contributed by atoms with Crippen molar-refractivity contribution >= 4 is 12.0 Å². The number of nitrogens with zero attached hydrogens (tertiary/aromatic N) is 2. The van der Waals surface area contributed by atoms with Crippen LogP contribution in [-0.4, -0.2) is 41.1 Å². The highest BCUT2D eigenvalue weighted by Gasteiger charge is 2.15. The fourth-order valence-corrected chi connectivity index (χ4v) is 1.30. The highest BCUT2D eigenvalue weighted by molar-refractivity contribution is 5.74. The zero-order chi connectivity index (χ0) is 13.3. The summed E-state index contributed by atoms with van der Waals surface area (Å²) in [5.41, 5.74) is 0. The number of carboxylic acid groups (broad SMARTS) is 1. The summed E-state index contributed by atoms with van der Waals surface area (Å²) in [5.74, 6) is -0.871. The topological polar surface area (TPSA) is 93.4 Å². The van der Waals surface area contributed by atoms with Crippen LogP contribution in [0.2, 0.25) is 0 Å². The van der Waals surface area contributed by atoms with E-state index >= 15 is 0 Å². The molecule has 6 heteroatoms. The number of aliphatic carboxylic acids is 1. The van der Waals surface area contributed by atoms with Gasteiger partial charge in [-0.05, 0) is 20.3 Å². The molecule has 0 atom stereocenters. The zero-order valence-electron chi connectivity index (χ0n) is 10.3. The van der Waals surface area contributed by atoms with Crippen LogP contribution in [0, 0.1) is 11.3 Å². The number of amides is 2. The Morgan fingerprint density at radius 1 is 1.47 bits per heavy atom. The van der Waals surface area contributed by atoms with Gasteiger partial charge in [0.05, 0.1) is 12.5 Å². The number of carbonyl (C=O) groups is 2. The molecule has 96 valence electrons. The van der Waals surface area contributed by atoms with Gasteiger partial charge < -0.3 is 15.3 Å². The summed E-state index contributed by atoms with van der Waals surface area (Å²) in [5, 5.41) is 19.6. The van der Waals surface area contributed by atoms with Gasteiger partial charge in [-0.25, -0.2) is 4.79 Å². The minimum absolute atomic E-state index is 0.0165. The Hall–Kier alpha value is -1.77. The van der Waals surface area contributed by atoms with Gasteiger partial charge in [-0.15, -0.1) is 0 Å². The van der Waals surface area contributed by atoms with Crippen molar-refractivity contribution in [2.75, 3.05) is 13.1 Å². The van der Waals surface area contributed by atoms with Crippen LogP contribution in [0.5, 0.6) is 0 Å². The van der Waals surface area contributed by atoms with Crippen LogP contribution in [0.4, 0.5) is 4.79 Å². The number of rotatable bonds is 7. The molecule has 0 aromatic heterocycles. The van der Waals surface area contributed by atoms with Crippen molar-refractivity contribution in [2.24, 2.45) is 0 Å². The number of hydrogen-bond acceptors (Lipinski definition) is 3. The van der Waals surface area contributed by atoms with E-state index in [-0.39, 0.29) is 18.5 Å². The molecule has 0 saturated heterocycles. The van der Waals surface area contributed by atoms with E-state index in [9.17, 15) is 9.59 Å². The Labute approximate surface area is 101 Å². The summed E-state index contributed by atoms with van der Waals surface area (Å²) in [7, 11) is 0. The van der Waals surface area contributed by atoms with Crippen LogP contribution in [0.15, 0.2) is 0 Å². The minimum Gasteiger partial charge on any atom is -0.481 e. The van der Waals surface area contributed by atoms with E-state index in [0.29, 0.717) is 25.9 Å². The van der Waals surface area contributed by atoms with Crippen molar-refractivity contribution in [3.05, 3.63) is 0 Å². The maximum absolute atomic E-state index is 11.7. The lowest BCUT2D eigenvalue weighted by atomic mass is 10.3. The monoisotopic (exact) mass is 241 g/mol. The van der Waals surface area contributed by atoms with E-state index in [0.717, 1.165) is 0 Å². The molecule has 0 aromatic carbocycles. The zero-order valence-corrected chi connectivity index (χ0v) is 10.3. The van der Waals surface area contributed by atoms with Gasteiger partial charge in [0.1, 0.15) is 0 Å². The van der Waals surface area contributed by atoms with Gasteiger partial charge in [0.15, 0.2) is 0 Å². The second-order valence-corrected chi connectivity index (χ2v) is 3.92. The van der Waals surface area contributed by atoms with E-state index in [2.05, 4.69) is 5.32 Å². The molecule has 2 amide bonds. The summed E-state index contributed by atoms with van der Waals surface area (Å²) in [6.45, 7) is 4.46. The van der Waals surface area contributed by atoms with Crippen LogP contribution in [0.1, 0.15) is 33.1 Å². The highest BCUT2D eigenvalue weighted by Crippen LogP contribution is 2.00. The SMILES string of the molecule is CC(C)N(CCC#N)C(=O)NCCCC(=O)O. The first-order valence-electron chi connectivity index (χ1n) is 5.62. The van der Waals surface area contributed by atoms with Gasteiger partial charge in [-0.1, -0.05) is 0 Å². The molecule has 0 radical (unpaired) electrons. The quantitative estimate of drug-likeness (QED) is 0.654. The molecule has 0 heterocycles. The smallest absolute Gasteiger partial charge is 0.317 e. The first-order valence-corrected chi connectivity index (χ1v) is 5.62. The molecule has 0 aromatic rings. The standard InChI is InChI=1S/C11H19N3O3/c1-9(2)14(8-4-6-12)11(17)13-7-3-5-10(15)16/h9H,3-5,7-8H2,1-2H3,(H,13,17)(H,15,16). The van der Waals surface area contributed by atoms with E-state index in [1.807, 2.05) is 19.9 Å². The highest BCUT2D eigenvalue weighted by atomic mass is 16.4. The third-order valence-electron chi connectivity index (χ3n) is 2.19. The summed E-state index contributed by atoms with van der Waals surface area (Å²) < 4.78 is 0. The normalized spacial score (nSPS) is 9.76. The van der Waals surface area contributed by atoms with Gasteiger partial charge in [0.2, 0.25) is 0 Å². The average molecular weight is 241 g/mol. The van der Waals surface area contributed by atoms with Gasteiger partial charge in [-0.2, -0.15) is 5.26 Å². The molecule has 17 heavy (non-hydrogen) atoms. The molecule has 0 bridgehead atoms. The fraction of sp³-hybridized carbons (Fsp3) is 0.727. The number of nitriles is 1. The van der Waals surface area contributed by atoms with Crippen molar-refractivity contribution in [3.8, 4) is 6.07 Å². The lowest BCUT2D eigenvalue weighted by Gasteiger charge is -2.25. The van der Waals surface area contributed by atoms with Gasteiger partial charge >= 0.3 is 12.0 Å². The third kappa shape index (κ3) is 7.17. The number of nitrogens with one attached hydrogen (secondary N) is 1. The van der Waals surface area contributed by atoms with Crippen molar-refractivity contribution in [1.82, 2.24) is 10.2 Å². The number of carboxylic acids is 1. The Morgan fingerprint density at radius 2 is 2.12 bits per heavy atom. The first-order chi connectivity index (χ1) is 7.99. The molecular formula is C11H19N3O3. The van der Waals surface area contributed by atoms with Gasteiger partial charge in [0, 0.05) is 25.6 Å². The molecule has 0 saturated carbocycles. The Kier molecular flexibility index (Phi) is 7.52. The molecule has 0 unspecified atom stereocenters. The van der Waals surface area contributed by atoms with Gasteiger partial charge in [-0.3, -0.25) is 4.79 Å². The van der Waals surface area contributed by atoms with Crippen molar-refractivity contribution in [2.45, 2.75) is 39.2 Å². The Bertz CT molecular complexity index is 297. The average Bonchev–Trinajstić information content (AvgIpc) is 2.24.